The molecule has 0 aliphatic carbocycles. The molecule has 0 bridgehead atoms. The van der Waals surface area contributed by atoms with E-state index in [1.165, 1.54) is 7.11 Å². The summed E-state index contributed by atoms with van der Waals surface area (Å²) < 4.78 is 5.75. The Bertz CT molecular complexity index is 467. The third-order valence-electron chi connectivity index (χ3n) is 3.38. The summed E-state index contributed by atoms with van der Waals surface area (Å²) in [4.78, 5) is 14.3. The fourth-order valence-electron chi connectivity index (χ4n) is 2.08. The van der Waals surface area contributed by atoms with Crippen LogP contribution in [0, 0.1) is 0 Å². The van der Waals surface area contributed by atoms with Crippen LogP contribution >= 0.6 is 27.5 Å². The SMILES string of the molecule is CCN(CC)CCNC(C(=O)OC)c1ccc(Br)cc1Cl. The third kappa shape index (κ3) is 5.58. The minimum absolute atomic E-state index is 0.334. The van der Waals surface area contributed by atoms with E-state index in [2.05, 4.69) is 40.0 Å². The van der Waals surface area contributed by atoms with Crippen molar-refractivity contribution >= 4 is 33.5 Å². The Hall–Kier alpha value is -0.620. The van der Waals surface area contributed by atoms with E-state index in [9.17, 15) is 4.79 Å². The lowest BCUT2D eigenvalue weighted by atomic mass is 10.1. The zero-order chi connectivity index (χ0) is 15.8. The Labute approximate surface area is 139 Å². The molecule has 1 rings (SSSR count). The number of halogens is 2. The van der Waals surface area contributed by atoms with Gasteiger partial charge in [-0.1, -0.05) is 47.4 Å². The molecule has 118 valence electrons. The minimum atomic E-state index is -0.550. The van der Waals surface area contributed by atoms with E-state index in [0.717, 1.165) is 29.7 Å². The second-order valence-corrected chi connectivity index (χ2v) is 5.93. The van der Waals surface area contributed by atoms with Crippen LogP contribution < -0.4 is 5.32 Å². The molecular weight excluding hydrogens is 356 g/mol. The lowest BCUT2D eigenvalue weighted by molar-refractivity contribution is -0.143. The van der Waals surface area contributed by atoms with Gasteiger partial charge in [0.25, 0.3) is 0 Å². The standard InChI is InChI=1S/C15H22BrClN2O2/c1-4-19(5-2)9-8-18-14(15(20)21-3)12-7-6-11(16)10-13(12)17/h6-7,10,14,18H,4-5,8-9H2,1-3H3. The van der Waals surface area contributed by atoms with Crippen molar-refractivity contribution in [1.82, 2.24) is 10.2 Å². The van der Waals surface area contributed by atoms with E-state index >= 15 is 0 Å². The van der Waals surface area contributed by atoms with Crippen molar-refractivity contribution in [2.45, 2.75) is 19.9 Å². The first-order valence-electron chi connectivity index (χ1n) is 7.01. The zero-order valence-electron chi connectivity index (χ0n) is 12.7. The molecule has 0 fully saturated rings. The molecule has 0 saturated carbocycles. The van der Waals surface area contributed by atoms with Gasteiger partial charge in [-0.3, -0.25) is 5.32 Å². The molecule has 0 aliphatic rings. The molecule has 0 radical (unpaired) electrons. The highest BCUT2D eigenvalue weighted by molar-refractivity contribution is 9.10. The van der Waals surface area contributed by atoms with Gasteiger partial charge in [-0.2, -0.15) is 0 Å². The third-order valence-corrected chi connectivity index (χ3v) is 4.20. The first-order chi connectivity index (χ1) is 10.0. The van der Waals surface area contributed by atoms with Crippen LogP contribution in [0.4, 0.5) is 0 Å². The van der Waals surface area contributed by atoms with Gasteiger partial charge in [0.1, 0.15) is 6.04 Å². The molecule has 0 saturated heterocycles. The predicted octanol–water partition coefficient (Wildman–Crippen LogP) is 3.25. The van der Waals surface area contributed by atoms with E-state index in [1.807, 2.05) is 12.1 Å². The van der Waals surface area contributed by atoms with Crippen LogP contribution in [0.1, 0.15) is 25.5 Å². The highest BCUT2D eigenvalue weighted by Gasteiger charge is 2.23. The van der Waals surface area contributed by atoms with Gasteiger partial charge in [-0.05, 0) is 30.8 Å². The smallest absolute Gasteiger partial charge is 0.327 e. The molecule has 0 heterocycles. The molecule has 1 unspecified atom stereocenters. The quantitative estimate of drug-likeness (QED) is 0.706. The van der Waals surface area contributed by atoms with Crippen molar-refractivity contribution < 1.29 is 9.53 Å². The Kier molecular flexibility index (Phi) is 8.26. The van der Waals surface area contributed by atoms with E-state index in [4.69, 9.17) is 16.3 Å². The number of methoxy groups -OCH3 is 1. The first kappa shape index (κ1) is 18.4. The van der Waals surface area contributed by atoms with E-state index in [-0.39, 0.29) is 5.97 Å². The number of likely N-dealkylation sites (N-methyl/N-ethyl adjacent to an activating group) is 1. The summed E-state index contributed by atoms with van der Waals surface area (Å²) in [6, 6.07) is 4.92. The maximum Gasteiger partial charge on any atom is 0.327 e. The van der Waals surface area contributed by atoms with Gasteiger partial charge in [0.05, 0.1) is 7.11 Å². The number of hydrogen-bond donors (Lipinski definition) is 1. The number of rotatable bonds is 8. The molecule has 0 spiro atoms. The van der Waals surface area contributed by atoms with Crippen molar-refractivity contribution in [1.29, 1.82) is 0 Å². The fourth-order valence-corrected chi connectivity index (χ4v) is 2.86. The molecule has 21 heavy (non-hydrogen) atoms. The van der Waals surface area contributed by atoms with Crippen LogP contribution in [0.5, 0.6) is 0 Å². The maximum absolute atomic E-state index is 12.0. The second kappa shape index (κ2) is 9.41. The molecule has 0 aliphatic heterocycles. The summed E-state index contributed by atoms with van der Waals surface area (Å²) in [6.07, 6.45) is 0. The molecule has 6 heteroatoms. The second-order valence-electron chi connectivity index (χ2n) is 4.60. The fraction of sp³-hybridized carbons (Fsp3) is 0.533. The Morgan fingerprint density at radius 3 is 2.62 bits per heavy atom. The first-order valence-corrected chi connectivity index (χ1v) is 8.19. The summed E-state index contributed by atoms with van der Waals surface area (Å²) in [5, 5.41) is 3.77. The summed E-state index contributed by atoms with van der Waals surface area (Å²) in [5.74, 6) is -0.334. The largest absolute Gasteiger partial charge is 0.468 e. The summed E-state index contributed by atoms with van der Waals surface area (Å²) >= 11 is 9.60. The van der Waals surface area contributed by atoms with E-state index < -0.39 is 6.04 Å². The van der Waals surface area contributed by atoms with Crippen LogP contribution in [0.25, 0.3) is 0 Å². The number of benzene rings is 1. The molecule has 1 N–H and O–H groups in total. The number of nitrogens with one attached hydrogen (secondary N) is 1. The Morgan fingerprint density at radius 2 is 2.10 bits per heavy atom. The highest BCUT2D eigenvalue weighted by Crippen LogP contribution is 2.27. The van der Waals surface area contributed by atoms with Gasteiger partial charge in [-0.15, -0.1) is 0 Å². The van der Waals surface area contributed by atoms with Crippen molar-refractivity contribution in [2.75, 3.05) is 33.3 Å². The summed E-state index contributed by atoms with van der Waals surface area (Å²) in [7, 11) is 1.38. The average molecular weight is 378 g/mol. The molecular formula is C15H22BrClN2O2. The number of nitrogens with zero attached hydrogens (tertiary/aromatic N) is 1. The van der Waals surface area contributed by atoms with E-state index in [0.29, 0.717) is 11.6 Å². The molecule has 1 aromatic carbocycles. The maximum atomic E-state index is 12.0. The van der Waals surface area contributed by atoms with Gasteiger partial charge in [0.2, 0.25) is 0 Å². The van der Waals surface area contributed by atoms with Crippen LogP contribution in [0.3, 0.4) is 0 Å². The van der Waals surface area contributed by atoms with E-state index in [1.54, 1.807) is 6.07 Å². The van der Waals surface area contributed by atoms with Crippen LogP contribution in [-0.4, -0.2) is 44.2 Å². The van der Waals surface area contributed by atoms with Crippen molar-refractivity contribution in [3.63, 3.8) is 0 Å². The van der Waals surface area contributed by atoms with Crippen molar-refractivity contribution in [3.05, 3.63) is 33.3 Å². The number of esters is 1. The highest BCUT2D eigenvalue weighted by atomic mass is 79.9. The van der Waals surface area contributed by atoms with Gasteiger partial charge in [-0.25, -0.2) is 4.79 Å². The summed E-state index contributed by atoms with van der Waals surface area (Å²) in [6.45, 7) is 7.77. The lowest BCUT2D eigenvalue weighted by Crippen LogP contribution is -2.37. The predicted molar refractivity (Wildman–Crippen MR) is 89.7 cm³/mol. The average Bonchev–Trinajstić information content (AvgIpc) is 2.48. The molecule has 0 aromatic heterocycles. The monoisotopic (exact) mass is 376 g/mol. The van der Waals surface area contributed by atoms with Gasteiger partial charge >= 0.3 is 5.97 Å². The van der Waals surface area contributed by atoms with Crippen molar-refractivity contribution in [3.8, 4) is 0 Å². The minimum Gasteiger partial charge on any atom is -0.468 e. The van der Waals surface area contributed by atoms with Crippen LogP contribution in [0.15, 0.2) is 22.7 Å². The van der Waals surface area contributed by atoms with Gasteiger partial charge in [0, 0.05) is 22.6 Å². The number of carbonyl (C=O) groups is 1. The Balaban J connectivity index is 2.79. The molecule has 1 aromatic rings. The molecule has 0 amide bonds. The van der Waals surface area contributed by atoms with Gasteiger partial charge in [0.15, 0.2) is 0 Å². The number of ether oxygens (including phenoxy) is 1. The zero-order valence-corrected chi connectivity index (χ0v) is 15.0. The van der Waals surface area contributed by atoms with Crippen LogP contribution in [-0.2, 0) is 9.53 Å². The molecule has 4 nitrogen and oxygen atoms in total. The lowest BCUT2D eigenvalue weighted by Gasteiger charge is -2.22. The normalized spacial score (nSPS) is 12.5. The molecule has 1 atom stereocenters. The van der Waals surface area contributed by atoms with Crippen molar-refractivity contribution in [2.24, 2.45) is 0 Å². The number of hydrogen-bond acceptors (Lipinski definition) is 4. The Morgan fingerprint density at radius 1 is 1.43 bits per heavy atom. The summed E-state index contributed by atoms with van der Waals surface area (Å²) in [5.41, 5.74) is 0.728. The van der Waals surface area contributed by atoms with Gasteiger partial charge < -0.3 is 9.64 Å². The van der Waals surface area contributed by atoms with Crippen LogP contribution in [0.2, 0.25) is 5.02 Å². The number of carbonyl (C=O) groups excluding carboxylic acids is 1. The topological polar surface area (TPSA) is 41.6 Å².